The number of thiophene rings is 1. The number of aliphatic hydroxyl groups is 1. The number of β-amino-alcohol motifs (C(OH)–C–C–N with tert-alkyl or cyclic N) is 1. The summed E-state index contributed by atoms with van der Waals surface area (Å²) in [7, 11) is 0. The van der Waals surface area contributed by atoms with Crippen LogP contribution in [0.5, 0.6) is 0 Å². The minimum Gasteiger partial charge on any atom is -0.387 e. The van der Waals surface area contributed by atoms with Crippen LogP contribution in [0.3, 0.4) is 0 Å². The molecule has 2 heterocycles. The highest BCUT2D eigenvalue weighted by atomic mass is 32.1. The molecule has 2 aromatic rings. The Balaban J connectivity index is 1.59. The first-order chi connectivity index (χ1) is 12.4. The Morgan fingerprint density at radius 2 is 1.73 bits per heavy atom. The van der Waals surface area contributed by atoms with Gasteiger partial charge in [0.25, 0.3) is 0 Å². The van der Waals surface area contributed by atoms with Crippen molar-refractivity contribution in [1.82, 2.24) is 9.80 Å². The van der Waals surface area contributed by atoms with Gasteiger partial charge in [-0.1, -0.05) is 24.3 Å². The van der Waals surface area contributed by atoms with Crippen molar-refractivity contribution in [3.05, 3.63) is 57.8 Å². The van der Waals surface area contributed by atoms with Crippen molar-refractivity contribution in [2.75, 3.05) is 32.7 Å². The summed E-state index contributed by atoms with van der Waals surface area (Å²) in [6.07, 6.45) is -4.65. The van der Waals surface area contributed by atoms with Gasteiger partial charge in [-0.3, -0.25) is 9.80 Å². The number of hydrogen-bond donors (Lipinski definition) is 1. The summed E-state index contributed by atoms with van der Waals surface area (Å²) in [6, 6.07) is 9.45. The highest BCUT2D eigenvalue weighted by molar-refractivity contribution is 7.09. The number of rotatable bonds is 5. The van der Waals surface area contributed by atoms with Gasteiger partial charge in [0.15, 0.2) is 0 Å². The quantitative estimate of drug-likeness (QED) is 0.844. The zero-order valence-corrected chi connectivity index (χ0v) is 15.3. The average Bonchev–Trinajstić information content (AvgIpc) is 3.01. The van der Waals surface area contributed by atoms with Crippen LogP contribution in [0.25, 0.3) is 0 Å². The topological polar surface area (TPSA) is 26.7 Å². The highest BCUT2D eigenvalue weighted by Gasteiger charge is 2.35. The number of aliphatic hydroxyl groups excluding tert-OH is 1. The van der Waals surface area contributed by atoms with Crippen LogP contribution in [0.1, 0.15) is 28.5 Å². The van der Waals surface area contributed by atoms with E-state index in [-0.39, 0.29) is 12.1 Å². The van der Waals surface area contributed by atoms with E-state index in [0.29, 0.717) is 0 Å². The molecule has 1 atom stereocenters. The van der Waals surface area contributed by atoms with E-state index >= 15 is 0 Å². The molecule has 0 spiro atoms. The normalized spacial score (nSPS) is 18.6. The molecule has 0 bridgehead atoms. The Hall–Kier alpha value is -1.41. The Morgan fingerprint density at radius 1 is 1.00 bits per heavy atom. The summed E-state index contributed by atoms with van der Waals surface area (Å²) in [4.78, 5) is 5.74. The van der Waals surface area contributed by atoms with E-state index in [0.717, 1.165) is 45.2 Å². The minimum atomic E-state index is -4.45. The van der Waals surface area contributed by atoms with E-state index in [1.165, 1.54) is 17.0 Å². The standard InChI is InChI=1S/C19H23F3N2OS/c20-19(21,22)17-7-2-1-6-16(17)18(25)14-24-9-4-8-23(10-11-24)13-15-5-3-12-26-15/h1-3,5-7,12,18,25H,4,8-11,13-14H2/t18-/m0/s1. The van der Waals surface area contributed by atoms with E-state index in [4.69, 9.17) is 0 Å². The number of halogens is 3. The van der Waals surface area contributed by atoms with Crippen molar-refractivity contribution in [1.29, 1.82) is 0 Å². The monoisotopic (exact) mass is 384 g/mol. The molecule has 1 aromatic carbocycles. The molecule has 1 N–H and O–H groups in total. The molecule has 1 saturated heterocycles. The maximum absolute atomic E-state index is 13.2. The van der Waals surface area contributed by atoms with Gasteiger partial charge in [-0.2, -0.15) is 13.2 Å². The van der Waals surface area contributed by atoms with E-state index in [1.807, 2.05) is 6.07 Å². The van der Waals surface area contributed by atoms with Gasteiger partial charge in [0, 0.05) is 31.1 Å². The van der Waals surface area contributed by atoms with Gasteiger partial charge in [-0.15, -0.1) is 11.3 Å². The van der Waals surface area contributed by atoms with Crippen LogP contribution in [0, 0.1) is 0 Å². The molecular weight excluding hydrogens is 361 g/mol. The molecule has 1 aliphatic rings. The Labute approximate surface area is 155 Å². The minimum absolute atomic E-state index is 0.0420. The zero-order chi connectivity index (χ0) is 18.6. The molecule has 3 rings (SSSR count). The lowest BCUT2D eigenvalue weighted by Gasteiger charge is -2.25. The Morgan fingerprint density at radius 3 is 2.46 bits per heavy atom. The molecule has 0 radical (unpaired) electrons. The molecular formula is C19H23F3N2OS. The van der Waals surface area contributed by atoms with Crippen LogP contribution in [-0.2, 0) is 12.7 Å². The van der Waals surface area contributed by atoms with Gasteiger partial charge < -0.3 is 5.11 Å². The summed E-state index contributed by atoms with van der Waals surface area (Å²) >= 11 is 1.73. The largest absolute Gasteiger partial charge is 0.416 e. The third-order valence-electron chi connectivity index (χ3n) is 4.70. The van der Waals surface area contributed by atoms with Crippen LogP contribution in [0.15, 0.2) is 41.8 Å². The first kappa shape index (κ1) is 19.4. The third-order valence-corrected chi connectivity index (χ3v) is 5.56. The summed E-state index contributed by atoms with van der Waals surface area (Å²) < 4.78 is 39.5. The van der Waals surface area contributed by atoms with Crippen LogP contribution in [0.4, 0.5) is 13.2 Å². The summed E-state index contributed by atoms with van der Waals surface area (Å²) in [5.41, 5.74) is -0.790. The third kappa shape index (κ3) is 5.07. The number of alkyl halides is 3. The first-order valence-corrected chi connectivity index (χ1v) is 9.63. The van der Waals surface area contributed by atoms with Gasteiger partial charge in [-0.05, 0) is 42.6 Å². The summed E-state index contributed by atoms with van der Waals surface area (Å²) in [5.74, 6) is 0. The molecule has 26 heavy (non-hydrogen) atoms. The average molecular weight is 384 g/mol. The van der Waals surface area contributed by atoms with Crippen molar-refractivity contribution in [3.8, 4) is 0 Å². The molecule has 0 aliphatic carbocycles. The number of benzene rings is 1. The van der Waals surface area contributed by atoms with Crippen molar-refractivity contribution < 1.29 is 18.3 Å². The molecule has 142 valence electrons. The summed E-state index contributed by atoms with van der Waals surface area (Å²) in [6.45, 7) is 4.48. The van der Waals surface area contributed by atoms with Gasteiger partial charge in [0.2, 0.25) is 0 Å². The fourth-order valence-corrected chi connectivity index (χ4v) is 4.12. The molecule has 1 aromatic heterocycles. The van der Waals surface area contributed by atoms with Crippen molar-refractivity contribution >= 4 is 11.3 Å². The smallest absolute Gasteiger partial charge is 0.387 e. The van der Waals surface area contributed by atoms with Crippen molar-refractivity contribution in [2.45, 2.75) is 25.2 Å². The van der Waals surface area contributed by atoms with Gasteiger partial charge in [-0.25, -0.2) is 0 Å². The maximum Gasteiger partial charge on any atom is 0.416 e. The molecule has 7 heteroatoms. The molecule has 0 unspecified atom stereocenters. The van der Waals surface area contributed by atoms with Crippen LogP contribution < -0.4 is 0 Å². The van der Waals surface area contributed by atoms with E-state index in [2.05, 4.69) is 21.2 Å². The van der Waals surface area contributed by atoms with Crippen molar-refractivity contribution in [3.63, 3.8) is 0 Å². The molecule has 1 aliphatic heterocycles. The second-order valence-electron chi connectivity index (χ2n) is 6.61. The second kappa shape index (κ2) is 8.52. The first-order valence-electron chi connectivity index (χ1n) is 8.75. The molecule has 1 fully saturated rings. The Kier molecular flexibility index (Phi) is 6.34. The van der Waals surface area contributed by atoms with E-state index in [1.54, 1.807) is 17.4 Å². The maximum atomic E-state index is 13.2. The predicted molar refractivity (Wildman–Crippen MR) is 97.1 cm³/mol. The van der Waals surface area contributed by atoms with Gasteiger partial charge >= 0.3 is 6.18 Å². The van der Waals surface area contributed by atoms with Crippen LogP contribution in [-0.4, -0.2) is 47.6 Å². The van der Waals surface area contributed by atoms with Gasteiger partial charge in [0.05, 0.1) is 11.7 Å². The lowest BCUT2D eigenvalue weighted by molar-refractivity contribution is -0.139. The van der Waals surface area contributed by atoms with Crippen LogP contribution >= 0.6 is 11.3 Å². The molecule has 3 nitrogen and oxygen atoms in total. The second-order valence-corrected chi connectivity index (χ2v) is 7.64. The number of nitrogens with zero attached hydrogens (tertiary/aromatic N) is 2. The molecule has 0 amide bonds. The zero-order valence-electron chi connectivity index (χ0n) is 14.5. The van der Waals surface area contributed by atoms with Gasteiger partial charge in [0.1, 0.15) is 0 Å². The fourth-order valence-electron chi connectivity index (χ4n) is 3.38. The highest BCUT2D eigenvalue weighted by Crippen LogP contribution is 2.34. The Bertz CT molecular complexity index is 690. The SMILES string of the molecule is O[C@@H](CN1CCCN(Cc2cccs2)CC1)c1ccccc1C(F)(F)F. The van der Waals surface area contributed by atoms with E-state index < -0.39 is 17.8 Å². The predicted octanol–water partition coefficient (Wildman–Crippen LogP) is 4.01. The fraction of sp³-hybridized carbons (Fsp3) is 0.474. The lowest BCUT2D eigenvalue weighted by Crippen LogP contribution is -2.33. The van der Waals surface area contributed by atoms with E-state index in [9.17, 15) is 18.3 Å². The van der Waals surface area contributed by atoms with Crippen molar-refractivity contribution in [2.24, 2.45) is 0 Å². The summed E-state index contributed by atoms with van der Waals surface area (Å²) in [5, 5.41) is 12.5. The molecule has 0 saturated carbocycles. The van der Waals surface area contributed by atoms with Crippen LogP contribution in [0.2, 0.25) is 0 Å². The lowest BCUT2D eigenvalue weighted by atomic mass is 10.0. The number of hydrogen-bond acceptors (Lipinski definition) is 4.